The number of aliphatic hydroxyl groups is 1. The lowest BCUT2D eigenvalue weighted by molar-refractivity contribution is -0.135. The van der Waals surface area contributed by atoms with Gasteiger partial charge in [0.25, 0.3) is 0 Å². The summed E-state index contributed by atoms with van der Waals surface area (Å²) >= 11 is 0. The molecule has 2 amide bonds. The average molecular weight is 763 g/mol. The monoisotopic (exact) mass is 762 g/mol. The van der Waals surface area contributed by atoms with Gasteiger partial charge in [-0.2, -0.15) is 0 Å². The molecule has 57 heavy (non-hydrogen) atoms. The number of alkyl carbamates (subject to hydrolysis) is 1. The quantitative estimate of drug-likeness (QED) is 0.115. The number of nitrogens with zero attached hydrogens (tertiary/aromatic N) is 3. The number of carbonyl (C=O) groups excluding carboxylic acids is 3. The Morgan fingerprint density at radius 3 is 2.32 bits per heavy atom. The normalized spacial score (nSPS) is 19.5. The highest BCUT2D eigenvalue weighted by Gasteiger charge is 2.40. The van der Waals surface area contributed by atoms with Crippen LogP contribution in [0, 0.1) is 11.8 Å². The number of benzene rings is 5. The van der Waals surface area contributed by atoms with E-state index in [9.17, 15) is 19.5 Å². The topological polar surface area (TPSA) is 153 Å². The van der Waals surface area contributed by atoms with Crippen LogP contribution in [0.25, 0.3) is 54.7 Å². The zero-order valence-corrected chi connectivity index (χ0v) is 32.3. The van der Waals surface area contributed by atoms with Crippen LogP contribution in [0.2, 0.25) is 0 Å². The Labute approximate surface area is 329 Å². The summed E-state index contributed by atoms with van der Waals surface area (Å²) in [5.41, 5.74) is 6.38. The first kappa shape index (κ1) is 36.6. The Balaban J connectivity index is 0.974. The standard InChI is InChI=1S/C46H46N6O5/c1-25(2)38(51-46(56)57-3)45(55)52-22-8-13-37(52)44-48-36-21-17-30-24-28(15-19-32(30)40(36)50-44)27-14-18-31-29(23-27)16-20-35-39(31)49-43(47-35)34-12-7-11-33(34)42(54)41(53)26-9-5-4-6-10-26/h4-6,9-10,14-21,23-25,33-34,37-38,41,53H,7-8,11-13,22H2,1-3H3,(H,47,49)(H,48,50)(H,51,56)/t33?,34?,37-,38-,41+/m0/s1. The number of aromatic amines is 2. The molecule has 2 aliphatic rings. The molecular formula is C46H46N6O5. The second-order valence-corrected chi connectivity index (χ2v) is 15.9. The lowest BCUT2D eigenvalue weighted by atomic mass is 9.87. The number of amides is 2. The third kappa shape index (κ3) is 6.59. The molecule has 5 atom stereocenters. The largest absolute Gasteiger partial charge is 0.453 e. The van der Waals surface area contributed by atoms with Crippen LogP contribution in [-0.2, 0) is 14.3 Å². The highest BCUT2D eigenvalue weighted by Crippen LogP contribution is 2.43. The minimum atomic E-state index is -1.14. The maximum Gasteiger partial charge on any atom is 0.407 e. The van der Waals surface area contributed by atoms with Crippen LogP contribution in [0.1, 0.15) is 81.2 Å². The smallest absolute Gasteiger partial charge is 0.407 e. The molecule has 5 aromatic carbocycles. The first-order valence-electron chi connectivity index (χ1n) is 20.0. The van der Waals surface area contributed by atoms with Gasteiger partial charge in [-0.25, -0.2) is 14.8 Å². The van der Waals surface area contributed by atoms with E-state index < -0.39 is 18.2 Å². The zero-order chi connectivity index (χ0) is 39.4. The second-order valence-electron chi connectivity index (χ2n) is 15.9. The van der Waals surface area contributed by atoms with E-state index in [1.165, 1.54) is 7.11 Å². The number of Topliss-reactive ketones (excluding diaryl/α,β-unsaturated/α-hetero) is 1. The number of nitrogens with one attached hydrogen (secondary N) is 3. The van der Waals surface area contributed by atoms with Gasteiger partial charge in [-0.1, -0.05) is 87.0 Å². The van der Waals surface area contributed by atoms with Gasteiger partial charge < -0.3 is 30.0 Å². The average Bonchev–Trinajstić information content (AvgIpc) is 4.07. The molecule has 11 heteroatoms. The number of imidazole rings is 2. The maximum absolute atomic E-state index is 13.7. The Bertz CT molecular complexity index is 2670. The molecule has 4 N–H and O–H groups in total. The summed E-state index contributed by atoms with van der Waals surface area (Å²) in [6, 6.07) is 29.5. The van der Waals surface area contributed by atoms with Crippen molar-refractivity contribution in [3.05, 3.63) is 108 Å². The highest BCUT2D eigenvalue weighted by atomic mass is 16.5. The SMILES string of the molecule is COC(=O)N[C@H](C(=O)N1CCC[C@H]1c1nc2ccc3cc(-c4ccc5c(ccc6[nH]c(C7CCCC7C(=O)[C@H](O)c7ccccc7)nc65)c4)ccc3c2[nH]1)C(C)C. The number of hydrogen-bond acceptors (Lipinski definition) is 7. The minimum Gasteiger partial charge on any atom is -0.453 e. The van der Waals surface area contributed by atoms with E-state index in [1.54, 1.807) is 12.1 Å². The van der Waals surface area contributed by atoms with Crippen molar-refractivity contribution >= 4 is 61.4 Å². The zero-order valence-electron chi connectivity index (χ0n) is 32.3. The number of aliphatic hydroxyl groups excluding tert-OH is 1. The summed E-state index contributed by atoms with van der Waals surface area (Å²) in [4.78, 5) is 58.2. The Morgan fingerprint density at radius 1 is 0.825 bits per heavy atom. The maximum atomic E-state index is 13.7. The predicted octanol–water partition coefficient (Wildman–Crippen LogP) is 8.64. The summed E-state index contributed by atoms with van der Waals surface area (Å²) in [6.07, 6.45) is 2.38. The van der Waals surface area contributed by atoms with Gasteiger partial charge in [0.15, 0.2) is 5.78 Å². The molecular weight excluding hydrogens is 717 g/mol. The number of methoxy groups -OCH3 is 1. The molecule has 0 radical (unpaired) electrons. The van der Waals surface area contributed by atoms with Gasteiger partial charge in [0.2, 0.25) is 5.91 Å². The van der Waals surface area contributed by atoms with Crippen molar-refractivity contribution < 1.29 is 24.2 Å². The molecule has 11 nitrogen and oxygen atoms in total. The number of aromatic nitrogens is 4. The van der Waals surface area contributed by atoms with Crippen molar-refractivity contribution in [2.24, 2.45) is 11.8 Å². The van der Waals surface area contributed by atoms with Crippen molar-refractivity contribution in [3.63, 3.8) is 0 Å². The van der Waals surface area contributed by atoms with Crippen molar-refractivity contribution in [3.8, 4) is 11.1 Å². The number of fused-ring (bicyclic) bond motifs is 6. The Hall–Kier alpha value is -6.07. The van der Waals surface area contributed by atoms with E-state index in [0.29, 0.717) is 12.1 Å². The van der Waals surface area contributed by atoms with Crippen LogP contribution in [0.4, 0.5) is 4.79 Å². The van der Waals surface area contributed by atoms with Gasteiger partial charge in [0.1, 0.15) is 23.8 Å². The van der Waals surface area contributed by atoms with Gasteiger partial charge in [-0.15, -0.1) is 0 Å². The van der Waals surface area contributed by atoms with Gasteiger partial charge >= 0.3 is 6.09 Å². The van der Waals surface area contributed by atoms with Crippen LogP contribution < -0.4 is 5.32 Å². The lowest BCUT2D eigenvalue weighted by Gasteiger charge is -2.29. The molecule has 9 rings (SSSR count). The number of ether oxygens (including phenoxy) is 1. The number of likely N-dealkylation sites (tertiary alicyclic amines) is 1. The van der Waals surface area contributed by atoms with Crippen molar-refractivity contribution in [2.45, 2.75) is 70.1 Å². The molecule has 2 fully saturated rings. The third-order valence-corrected chi connectivity index (χ3v) is 12.2. The fourth-order valence-corrected chi connectivity index (χ4v) is 9.17. The van der Waals surface area contributed by atoms with Crippen LogP contribution in [0.15, 0.2) is 91.0 Å². The molecule has 2 unspecified atom stereocenters. The number of hydrogen-bond donors (Lipinski definition) is 4. The summed E-state index contributed by atoms with van der Waals surface area (Å²) in [6.45, 7) is 4.42. The van der Waals surface area contributed by atoms with Crippen molar-refractivity contribution in [2.75, 3.05) is 13.7 Å². The van der Waals surface area contributed by atoms with Crippen LogP contribution in [0.5, 0.6) is 0 Å². The fourth-order valence-electron chi connectivity index (χ4n) is 9.17. The summed E-state index contributed by atoms with van der Waals surface area (Å²) in [7, 11) is 1.30. The third-order valence-electron chi connectivity index (χ3n) is 12.2. The molecule has 3 heterocycles. The predicted molar refractivity (Wildman–Crippen MR) is 221 cm³/mol. The summed E-state index contributed by atoms with van der Waals surface area (Å²) in [5.74, 6) is 0.815. The van der Waals surface area contributed by atoms with E-state index in [4.69, 9.17) is 14.7 Å². The fraction of sp³-hybridized carbons (Fsp3) is 0.326. The van der Waals surface area contributed by atoms with E-state index in [1.807, 2.05) is 43.0 Å². The van der Waals surface area contributed by atoms with Crippen LogP contribution in [0.3, 0.4) is 0 Å². The van der Waals surface area contributed by atoms with E-state index in [0.717, 1.165) is 98.5 Å². The molecule has 290 valence electrons. The molecule has 2 aromatic heterocycles. The van der Waals surface area contributed by atoms with Gasteiger partial charge in [0.05, 0.1) is 35.2 Å². The molecule has 1 aliphatic heterocycles. The van der Waals surface area contributed by atoms with E-state index >= 15 is 0 Å². The first-order valence-corrected chi connectivity index (χ1v) is 20.0. The van der Waals surface area contributed by atoms with Crippen molar-refractivity contribution in [1.82, 2.24) is 30.2 Å². The molecule has 1 aliphatic carbocycles. The molecule has 7 aromatic rings. The molecule has 1 saturated carbocycles. The van der Waals surface area contributed by atoms with Crippen LogP contribution in [-0.4, -0.2) is 67.4 Å². The Kier molecular flexibility index (Phi) is 9.48. The van der Waals surface area contributed by atoms with Gasteiger partial charge in [0, 0.05) is 29.2 Å². The number of carbonyl (C=O) groups is 3. The lowest BCUT2D eigenvalue weighted by Crippen LogP contribution is -2.51. The van der Waals surface area contributed by atoms with E-state index in [2.05, 4.69) is 69.9 Å². The first-order chi connectivity index (χ1) is 27.7. The van der Waals surface area contributed by atoms with Gasteiger partial charge in [-0.05, 0) is 83.3 Å². The summed E-state index contributed by atoms with van der Waals surface area (Å²) < 4.78 is 4.79. The highest BCUT2D eigenvalue weighted by molar-refractivity contribution is 6.07. The summed E-state index contributed by atoms with van der Waals surface area (Å²) in [5, 5.41) is 17.9. The van der Waals surface area contributed by atoms with Crippen molar-refractivity contribution in [1.29, 1.82) is 0 Å². The van der Waals surface area contributed by atoms with Crippen LogP contribution >= 0.6 is 0 Å². The molecule has 1 saturated heterocycles. The number of rotatable bonds is 9. The molecule has 0 spiro atoms. The molecule has 0 bridgehead atoms. The van der Waals surface area contributed by atoms with E-state index in [-0.39, 0.29) is 35.5 Å². The van der Waals surface area contributed by atoms with Gasteiger partial charge in [-0.3, -0.25) is 9.59 Å². The number of ketones is 1. The minimum absolute atomic E-state index is 0.0697. The number of H-pyrrole nitrogens is 2. The second kappa shape index (κ2) is 14.8. The Morgan fingerprint density at radius 2 is 1.56 bits per heavy atom.